The van der Waals surface area contributed by atoms with E-state index in [0.29, 0.717) is 0 Å². The molecule has 58 heavy (non-hydrogen) atoms. The van der Waals surface area contributed by atoms with Crippen molar-refractivity contribution in [1.29, 1.82) is 0 Å². The van der Waals surface area contributed by atoms with E-state index in [0.717, 1.165) is 39.0 Å². The fraction of sp³-hybridized carbons (Fsp3) is 0. The molecule has 0 amide bonds. The van der Waals surface area contributed by atoms with Crippen molar-refractivity contribution in [3.05, 3.63) is 200 Å². The van der Waals surface area contributed by atoms with Crippen molar-refractivity contribution in [2.45, 2.75) is 0 Å². The van der Waals surface area contributed by atoms with Crippen LogP contribution in [0.4, 0.5) is 17.1 Å². The number of rotatable bonds is 6. The van der Waals surface area contributed by atoms with Gasteiger partial charge in [-0.3, -0.25) is 0 Å². The number of furan rings is 1. The molecule has 3 aromatic heterocycles. The Morgan fingerprint density at radius 1 is 0.345 bits per heavy atom. The molecule has 12 rings (SSSR count). The van der Waals surface area contributed by atoms with Gasteiger partial charge < -0.3 is 9.32 Å². The van der Waals surface area contributed by atoms with Crippen LogP contribution in [0.3, 0.4) is 0 Å². The summed E-state index contributed by atoms with van der Waals surface area (Å²) < 4.78 is 11.5. The molecule has 0 N–H and O–H groups in total. The van der Waals surface area contributed by atoms with Crippen molar-refractivity contribution in [2.75, 3.05) is 4.90 Å². The van der Waals surface area contributed by atoms with E-state index >= 15 is 0 Å². The zero-order chi connectivity index (χ0) is 38.2. The Kier molecular flexibility index (Phi) is 7.62. The molecule has 0 aliphatic heterocycles. The first-order chi connectivity index (χ1) is 28.7. The summed E-state index contributed by atoms with van der Waals surface area (Å²) in [5.41, 5.74) is 12.5. The van der Waals surface area contributed by atoms with E-state index in [-0.39, 0.29) is 0 Å². The third-order valence-corrected chi connectivity index (χ3v) is 13.8. The van der Waals surface area contributed by atoms with Gasteiger partial charge in [-0.2, -0.15) is 0 Å². The van der Waals surface area contributed by atoms with Crippen molar-refractivity contribution < 1.29 is 4.42 Å². The monoisotopic (exact) mass is 775 g/mol. The molecule has 0 aliphatic carbocycles. The molecule has 0 spiro atoms. The largest absolute Gasteiger partial charge is 0.456 e. The molecule has 0 atom stereocenters. The number of hydrogen-bond acceptors (Lipinski definition) is 4. The van der Waals surface area contributed by atoms with Crippen LogP contribution in [-0.2, 0) is 0 Å². The van der Waals surface area contributed by atoms with E-state index in [2.05, 4.69) is 199 Å². The highest BCUT2D eigenvalue weighted by molar-refractivity contribution is 7.26. The van der Waals surface area contributed by atoms with E-state index < -0.39 is 0 Å². The fourth-order valence-corrected chi connectivity index (χ4v) is 11.2. The van der Waals surface area contributed by atoms with Crippen LogP contribution < -0.4 is 4.90 Å². The van der Waals surface area contributed by atoms with Crippen LogP contribution >= 0.6 is 22.7 Å². The maximum atomic E-state index is 6.36. The van der Waals surface area contributed by atoms with Gasteiger partial charge in [-0.25, -0.2) is 0 Å². The van der Waals surface area contributed by atoms with Crippen molar-refractivity contribution >= 4 is 102 Å². The molecule has 0 fully saturated rings. The van der Waals surface area contributed by atoms with Gasteiger partial charge in [0, 0.05) is 62.5 Å². The number of thiophene rings is 2. The maximum absolute atomic E-state index is 6.36. The Labute approximate surface area is 343 Å². The number of nitrogens with zero attached hydrogens (tertiary/aromatic N) is 1. The minimum absolute atomic E-state index is 0.885. The molecule has 9 aromatic carbocycles. The summed E-state index contributed by atoms with van der Waals surface area (Å²) in [4.78, 5) is 2.48. The summed E-state index contributed by atoms with van der Waals surface area (Å²) in [6, 6.07) is 72.7. The molecule has 0 aliphatic rings. The van der Waals surface area contributed by atoms with Crippen LogP contribution in [0, 0.1) is 0 Å². The average Bonchev–Trinajstić information content (AvgIpc) is 3.98. The SMILES string of the molecule is c1ccc(-c2ccc3c(c2)sc2c(-c4ccccc4)ccc(N(c4ccc5oc6ccccc6c5c4)c4ccc5sc6cccc(-c7ccccc7)c6c5c4)c23)cc1. The first kappa shape index (κ1) is 33.2. The van der Waals surface area contributed by atoms with Gasteiger partial charge in [0.05, 0.1) is 5.69 Å². The summed E-state index contributed by atoms with van der Waals surface area (Å²) in [7, 11) is 0. The number of anilines is 3. The second-order valence-corrected chi connectivity index (χ2v) is 17.0. The van der Waals surface area contributed by atoms with E-state index in [1.807, 2.05) is 28.7 Å². The van der Waals surface area contributed by atoms with E-state index in [4.69, 9.17) is 4.42 Å². The molecule has 272 valence electrons. The highest BCUT2D eigenvalue weighted by Gasteiger charge is 2.23. The second kappa shape index (κ2) is 13.3. The predicted octanol–water partition coefficient (Wildman–Crippen LogP) is 16.8. The van der Waals surface area contributed by atoms with E-state index in [9.17, 15) is 0 Å². The topological polar surface area (TPSA) is 16.4 Å². The van der Waals surface area contributed by atoms with Crippen molar-refractivity contribution in [1.82, 2.24) is 0 Å². The van der Waals surface area contributed by atoms with Gasteiger partial charge in [-0.1, -0.05) is 140 Å². The highest BCUT2D eigenvalue weighted by atomic mass is 32.1. The normalized spacial score (nSPS) is 11.8. The van der Waals surface area contributed by atoms with Gasteiger partial charge in [0.2, 0.25) is 0 Å². The van der Waals surface area contributed by atoms with Crippen molar-refractivity contribution in [3.8, 4) is 33.4 Å². The molecule has 0 radical (unpaired) electrons. The zero-order valence-electron chi connectivity index (χ0n) is 31.2. The molecule has 3 heterocycles. The van der Waals surface area contributed by atoms with Crippen LogP contribution in [0.2, 0.25) is 0 Å². The lowest BCUT2D eigenvalue weighted by molar-refractivity contribution is 0.669. The summed E-state index contributed by atoms with van der Waals surface area (Å²) in [6.45, 7) is 0. The van der Waals surface area contributed by atoms with Crippen molar-refractivity contribution in [3.63, 3.8) is 0 Å². The molecule has 0 unspecified atom stereocenters. The molecule has 0 saturated carbocycles. The first-order valence-corrected chi connectivity index (χ1v) is 21.2. The molecule has 2 nitrogen and oxygen atoms in total. The average molecular weight is 776 g/mol. The third-order valence-electron chi connectivity index (χ3n) is 11.5. The third kappa shape index (κ3) is 5.30. The quantitative estimate of drug-likeness (QED) is 0.167. The number of para-hydroxylation sites is 1. The Morgan fingerprint density at radius 2 is 1.02 bits per heavy atom. The van der Waals surface area contributed by atoms with Gasteiger partial charge in [0.1, 0.15) is 11.2 Å². The summed E-state index contributed by atoms with van der Waals surface area (Å²) >= 11 is 3.75. The summed E-state index contributed by atoms with van der Waals surface area (Å²) in [5.74, 6) is 0. The van der Waals surface area contributed by atoms with Crippen LogP contribution in [-0.4, -0.2) is 0 Å². The molecule has 4 heteroatoms. The van der Waals surface area contributed by atoms with Gasteiger partial charge in [-0.05, 0) is 94.0 Å². The Balaban J connectivity index is 1.16. The van der Waals surface area contributed by atoms with Crippen LogP contribution in [0.1, 0.15) is 0 Å². The predicted molar refractivity (Wildman–Crippen MR) is 250 cm³/mol. The van der Waals surface area contributed by atoms with Gasteiger partial charge in [0.15, 0.2) is 0 Å². The molecule has 0 bridgehead atoms. The van der Waals surface area contributed by atoms with Gasteiger partial charge in [0.25, 0.3) is 0 Å². The molecule has 0 saturated heterocycles. The van der Waals surface area contributed by atoms with Crippen molar-refractivity contribution in [2.24, 2.45) is 0 Å². The lowest BCUT2D eigenvalue weighted by Gasteiger charge is -2.27. The summed E-state index contributed by atoms with van der Waals surface area (Å²) in [6.07, 6.45) is 0. The van der Waals surface area contributed by atoms with Crippen LogP contribution in [0.15, 0.2) is 205 Å². The Morgan fingerprint density at radius 3 is 1.81 bits per heavy atom. The smallest absolute Gasteiger partial charge is 0.135 e. The Hall–Kier alpha value is -6.98. The lowest BCUT2D eigenvalue weighted by atomic mass is 9.98. The standard InChI is InChI=1S/C54H33NOS2/c1-4-13-34(14-5-1)37-23-26-43-51(31-37)58-54-41(36-17-8-3-9-18-36)27-28-46(53(43)54)55(38-24-29-48-44(32-38)42-19-10-11-21-47(42)56-48)39-25-30-49-45(33-39)52-40(20-12-22-50(52)57-49)35-15-6-2-7-16-35/h1-33H. The molecular formula is C54H33NOS2. The van der Waals surface area contributed by atoms with Gasteiger partial charge in [-0.15, -0.1) is 22.7 Å². The Bertz CT molecular complexity index is 3510. The number of fused-ring (bicyclic) bond motifs is 9. The number of benzene rings is 9. The molecular weight excluding hydrogens is 743 g/mol. The number of hydrogen-bond donors (Lipinski definition) is 0. The minimum Gasteiger partial charge on any atom is -0.456 e. The van der Waals surface area contributed by atoms with Crippen LogP contribution in [0.5, 0.6) is 0 Å². The molecule has 12 aromatic rings. The van der Waals surface area contributed by atoms with E-state index in [1.165, 1.54) is 73.7 Å². The van der Waals surface area contributed by atoms with Crippen LogP contribution in [0.25, 0.3) is 95.7 Å². The zero-order valence-corrected chi connectivity index (χ0v) is 32.9. The maximum Gasteiger partial charge on any atom is 0.135 e. The van der Waals surface area contributed by atoms with Gasteiger partial charge >= 0.3 is 0 Å². The minimum atomic E-state index is 0.885. The summed E-state index contributed by atoms with van der Waals surface area (Å²) in [5, 5.41) is 7.28. The fourth-order valence-electron chi connectivity index (χ4n) is 8.80. The first-order valence-electron chi connectivity index (χ1n) is 19.6. The highest BCUT2D eigenvalue weighted by Crippen LogP contribution is 2.51. The second-order valence-electron chi connectivity index (χ2n) is 14.8. The lowest BCUT2D eigenvalue weighted by Crippen LogP contribution is -2.10. The van der Waals surface area contributed by atoms with E-state index in [1.54, 1.807) is 0 Å².